The lowest BCUT2D eigenvalue weighted by Crippen LogP contribution is -2.00. The van der Waals surface area contributed by atoms with Gasteiger partial charge in [-0.05, 0) is 107 Å². The molecule has 15 aromatic rings. The molecule has 0 amide bonds. The number of rotatable bonds is 6. The average molecular weight is 897 g/mol. The standard InChI is InChI=1S/C63H36N4O3/c1-2-13-41(14-3-1)67-52-21-9-6-17-44(52)50-33-37(27-31-53(50)67)42-15-4-5-16-43(42)38-28-32-56-51(34-38)60-49(20-12-24-57(60)68-56)63-65-61(39-25-29-47-45-18-7-10-22-54(45)69-58(47)35-39)64-62(66-63)40-26-30-48-46-19-8-11-23-55(46)70-59(48)36-40/h1-36H. The molecule has 0 fully saturated rings. The first kappa shape index (κ1) is 38.5. The lowest BCUT2D eigenvalue weighted by molar-refractivity contribution is 0.668. The third-order valence-electron chi connectivity index (χ3n) is 13.9. The number of para-hydroxylation sites is 4. The molecule has 15 rings (SSSR count). The monoisotopic (exact) mass is 896 g/mol. The van der Waals surface area contributed by atoms with Crippen LogP contribution in [0.1, 0.15) is 0 Å². The fourth-order valence-corrected chi connectivity index (χ4v) is 10.6. The zero-order valence-electron chi connectivity index (χ0n) is 37.3. The summed E-state index contributed by atoms with van der Waals surface area (Å²) in [6, 6.07) is 75.9. The number of hydrogen-bond acceptors (Lipinski definition) is 6. The van der Waals surface area contributed by atoms with Crippen molar-refractivity contribution in [3.05, 3.63) is 218 Å². The van der Waals surface area contributed by atoms with Gasteiger partial charge < -0.3 is 17.8 Å². The fraction of sp³-hybridized carbons (Fsp3) is 0. The van der Waals surface area contributed by atoms with Gasteiger partial charge in [-0.2, -0.15) is 0 Å². The second-order valence-electron chi connectivity index (χ2n) is 17.9. The van der Waals surface area contributed by atoms with E-state index in [2.05, 4.69) is 162 Å². The Morgan fingerprint density at radius 3 is 1.43 bits per heavy atom. The third-order valence-corrected chi connectivity index (χ3v) is 13.9. The maximum atomic E-state index is 6.63. The Bertz CT molecular complexity index is 4480. The number of benzene rings is 10. The topological polar surface area (TPSA) is 83.0 Å². The van der Waals surface area contributed by atoms with Crippen LogP contribution in [0.25, 0.3) is 150 Å². The normalized spacial score (nSPS) is 12.0. The van der Waals surface area contributed by atoms with Crippen molar-refractivity contribution in [1.29, 1.82) is 0 Å². The Labute approximate surface area is 399 Å². The minimum atomic E-state index is 0.523. The van der Waals surface area contributed by atoms with Gasteiger partial charge in [0.25, 0.3) is 0 Å². The van der Waals surface area contributed by atoms with Crippen LogP contribution in [0.3, 0.4) is 0 Å². The Balaban J connectivity index is 0.898. The molecular formula is C63H36N4O3. The first-order chi connectivity index (χ1) is 34.7. The van der Waals surface area contributed by atoms with Gasteiger partial charge in [0.2, 0.25) is 0 Å². The molecule has 7 heteroatoms. The van der Waals surface area contributed by atoms with Crippen LogP contribution in [0.5, 0.6) is 0 Å². The van der Waals surface area contributed by atoms with E-state index in [9.17, 15) is 0 Å². The molecule has 0 spiro atoms. The lowest BCUT2D eigenvalue weighted by Gasteiger charge is -2.12. The smallest absolute Gasteiger partial charge is 0.164 e. The van der Waals surface area contributed by atoms with Gasteiger partial charge in [-0.1, -0.05) is 133 Å². The van der Waals surface area contributed by atoms with Crippen molar-refractivity contribution in [2.24, 2.45) is 0 Å². The predicted molar refractivity (Wildman–Crippen MR) is 283 cm³/mol. The molecule has 0 aliphatic heterocycles. The minimum absolute atomic E-state index is 0.523. The quantitative estimate of drug-likeness (QED) is 0.165. The van der Waals surface area contributed by atoms with Gasteiger partial charge in [-0.15, -0.1) is 0 Å². The van der Waals surface area contributed by atoms with Crippen molar-refractivity contribution in [2.75, 3.05) is 0 Å². The molecule has 0 N–H and O–H groups in total. The second-order valence-corrected chi connectivity index (χ2v) is 17.9. The van der Waals surface area contributed by atoms with Gasteiger partial charge in [-0.3, -0.25) is 0 Å². The van der Waals surface area contributed by atoms with Crippen LogP contribution in [0.4, 0.5) is 0 Å². The molecule has 0 radical (unpaired) electrons. The number of fused-ring (bicyclic) bond motifs is 12. The molecule has 7 nitrogen and oxygen atoms in total. The maximum Gasteiger partial charge on any atom is 0.164 e. The summed E-state index contributed by atoms with van der Waals surface area (Å²) < 4.78 is 21.7. The summed E-state index contributed by atoms with van der Waals surface area (Å²) in [7, 11) is 0. The molecule has 10 aromatic carbocycles. The number of furan rings is 3. The number of nitrogens with zero attached hydrogens (tertiary/aromatic N) is 4. The van der Waals surface area contributed by atoms with Crippen molar-refractivity contribution < 1.29 is 13.3 Å². The molecule has 0 aliphatic rings. The molecule has 0 unspecified atom stereocenters. The average Bonchev–Trinajstić information content (AvgIpc) is 4.19. The Morgan fingerprint density at radius 1 is 0.271 bits per heavy atom. The highest BCUT2D eigenvalue weighted by Crippen LogP contribution is 2.43. The van der Waals surface area contributed by atoms with Gasteiger partial charge in [0.05, 0.1) is 11.0 Å². The van der Waals surface area contributed by atoms with Gasteiger partial charge in [0, 0.05) is 65.5 Å². The summed E-state index contributed by atoms with van der Waals surface area (Å²) in [6.45, 7) is 0. The molecule has 5 heterocycles. The maximum absolute atomic E-state index is 6.63. The summed E-state index contributed by atoms with van der Waals surface area (Å²) in [4.78, 5) is 15.7. The van der Waals surface area contributed by atoms with Gasteiger partial charge in [0.15, 0.2) is 17.5 Å². The first-order valence-corrected chi connectivity index (χ1v) is 23.4. The molecule has 0 saturated heterocycles. The summed E-state index contributed by atoms with van der Waals surface area (Å²) in [5.74, 6) is 1.57. The van der Waals surface area contributed by atoms with E-state index in [0.29, 0.717) is 17.5 Å². The Kier molecular flexibility index (Phi) is 8.23. The molecule has 5 aromatic heterocycles. The van der Waals surface area contributed by atoms with Crippen molar-refractivity contribution in [2.45, 2.75) is 0 Å². The van der Waals surface area contributed by atoms with E-state index < -0.39 is 0 Å². The lowest BCUT2D eigenvalue weighted by atomic mass is 9.92. The number of aromatic nitrogens is 4. The summed E-state index contributed by atoms with van der Waals surface area (Å²) in [6.07, 6.45) is 0. The van der Waals surface area contributed by atoms with Gasteiger partial charge in [-0.25, -0.2) is 15.0 Å². The second kappa shape index (κ2) is 15.0. The van der Waals surface area contributed by atoms with Crippen LogP contribution >= 0.6 is 0 Å². The summed E-state index contributed by atoms with van der Waals surface area (Å²) >= 11 is 0. The molecule has 326 valence electrons. The molecular weight excluding hydrogens is 861 g/mol. The molecule has 70 heavy (non-hydrogen) atoms. The summed E-state index contributed by atoms with van der Waals surface area (Å²) in [5, 5.41) is 8.52. The fourth-order valence-electron chi connectivity index (χ4n) is 10.6. The molecule has 0 aliphatic carbocycles. The molecule has 0 bridgehead atoms. The zero-order chi connectivity index (χ0) is 45.9. The minimum Gasteiger partial charge on any atom is -0.456 e. The van der Waals surface area contributed by atoms with E-state index in [-0.39, 0.29) is 0 Å². The van der Waals surface area contributed by atoms with Crippen molar-refractivity contribution in [3.8, 4) is 62.1 Å². The highest BCUT2D eigenvalue weighted by atomic mass is 16.3. The predicted octanol–water partition coefficient (Wildman–Crippen LogP) is 17.0. The zero-order valence-corrected chi connectivity index (χ0v) is 37.3. The first-order valence-electron chi connectivity index (χ1n) is 23.4. The molecule has 0 saturated carbocycles. The van der Waals surface area contributed by atoms with Crippen molar-refractivity contribution in [1.82, 2.24) is 19.5 Å². The summed E-state index contributed by atoms with van der Waals surface area (Å²) in [5.41, 5.74) is 15.1. The van der Waals surface area contributed by atoms with Crippen LogP contribution in [0.15, 0.2) is 232 Å². The van der Waals surface area contributed by atoms with Crippen molar-refractivity contribution in [3.63, 3.8) is 0 Å². The van der Waals surface area contributed by atoms with Crippen LogP contribution in [0, 0.1) is 0 Å². The van der Waals surface area contributed by atoms with Crippen LogP contribution in [-0.2, 0) is 0 Å². The van der Waals surface area contributed by atoms with E-state index in [1.165, 1.54) is 21.8 Å². The SMILES string of the molecule is c1ccc(-n2c3ccccc3c3cc(-c4ccccc4-c4ccc5oc6cccc(-c7nc(-c8ccc9c(c8)oc8ccccc89)nc(-c8ccc9c(c8)oc8ccccc89)n7)c6c5c4)ccc32)cc1. The van der Waals surface area contributed by atoms with Crippen LogP contribution in [-0.4, -0.2) is 19.5 Å². The van der Waals surface area contributed by atoms with Crippen molar-refractivity contribution >= 4 is 87.6 Å². The van der Waals surface area contributed by atoms with Gasteiger partial charge in [0.1, 0.15) is 33.5 Å². The van der Waals surface area contributed by atoms with Gasteiger partial charge >= 0.3 is 0 Å². The highest BCUT2D eigenvalue weighted by Gasteiger charge is 2.21. The molecule has 0 atom stereocenters. The van der Waals surface area contributed by atoms with E-state index in [0.717, 1.165) is 110 Å². The van der Waals surface area contributed by atoms with Crippen LogP contribution < -0.4 is 0 Å². The van der Waals surface area contributed by atoms with E-state index in [4.69, 9.17) is 28.2 Å². The Hall–Kier alpha value is -9.59. The van der Waals surface area contributed by atoms with E-state index in [1.54, 1.807) is 0 Å². The third kappa shape index (κ3) is 5.91. The van der Waals surface area contributed by atoms with Crippen LogP contribution in [0.2, 0.25) is 0 Å². The Morgan fingerprint density at radius 2 is 0.743 bits per heavy atom. The van der Waals surface area contributed by atoms with E-state index in [1.807, 2.05) is 60.7 Å². The number of hydrogen-bond donors (Lipinski definition) is 0. The van der Waals surface area contributed by atoms with E-state index >= 15 is 0 Å². The highest BCUT2D eigenvalue weighted by molar-refractivity contribution is 6.14. The largest absolute Gasteiger partial charge is 0.456 e.